The number of carbonyl (C=O) groups excluding carboxylic acids is 4. The van der Waals surface area contributed by atoms with E-state index in [1.165, 1.54) is 32.9 Å². The third-order valence-corrected chi connectivity index (χ3v) is 5.39. The lowest BCUT2D eigenvalue weighted by Gasteiger charge is -2.10. The Balaban J connectivity index is 1.85. The van der Waals surface area contributed by atoms with Crippen LogP contribution in [-0.4, -0.2) is 40.4 Å². The van der Waals surface area contributed by atoms with Gasteiger partial charge in [-0.1, -0.05) is 36.4 Å². The normalized spacial score (nSPS) is 15.7. The molecule has 1 fully saturated rings. The second-order valence-electron chi connectivity index (χ2n) is 7.06. The van der Waals surface area contributed by atoms with Gasteiger partial charge in [-0.05, 0) is 47.5 Å². The molecule has 1 heterocycles. The zero-order chi connectivity index (χ0) is 24.0. The standard InChI is InChI=1S/C24H22N2O6S/c1-15(27)26-23(30)22(33-24(26)25-12-11-18-7-5-4-6-8-18)14-19-9-10-20(31-16(2)28)21(13-19)32-17(3)29/h4-10,13-14H,11-12H2,1-3H3/b22-14-,25-24?. The van der Waals surface area contributed by atoms with Crippen LogP contribution in [0.2, 0.25) is 0 Å². The van der Waals surface area contributed by atoms with Gasteiger partial charge in [0.25, 0.3) is 5.91 Å². The summed E-state index contributed by atoms with van der Waals surface area (Å²) in [6.07, 6.45) is 2.24. The van der Waals surface area contributed by atoms with E-state index in [4.69, 9.17) is 9.47 Å². The maximum Gasteiger partial charge on any atom is 0.308 e. The Bertz CT molecular complexity index is 1160. The molecular formula is C24H22N2O6S. The van der Waals surface area contributed by atoms with E-state index in [0.29, 0.717) is 23.7 Å². The minimum Gasteiger partial charge on any atom is -0.423 e. The molecule has 170 valence electrons. The zero-order valence-electron chi connectivity index (χ0n) is 18.4. The van der Waals surface area contributed by atoms with Crippen LogP contribution in [0.5, 0.6) is 11.5 Å². The van der Waals surface area contributed by atoms with Crippen molar-refractivity contribution in [3.05, 3.63) is 64.6 Å². The van der Waals surface area contributed by atoms with Crippen LogP contribution in [0.15, 0.2) is 58.4 Å². The number of benzene rings is 2. The lowest BCUT2D eigenvalue weighted by molar-refractivity contribution is -0.135. The molecule has 2 aromatic rings. The first-order valence-electron chi connectivity index (χ1n) is 10.1. The van der Waals surface area contributed by atoms with E-state index >= 15 is 0 Å². The molecule has 33 heavy (non-hydrogen) atoms. The minimum atomic E-state index is -0.588. The van der Waals surface area contributed by atoms with Crippen LogP contribution in [0, 0.1) is 0 Å². The highest BCUT2D eigenvalue weighted by atomic mass is 32.2. The first kappa shape index (κ1) is 23.9. The molecule has 0 bridgehead atoms. The van der Waals surface area contributed by atoms with Crippen LogP contribution in [0.4, 0.5) is 0 Å². The molecule has 1 saturated heterocycles. The maximum atomic E-state index is 12.9. The second kappa shape index (κ2) is 10.7. The molecule has 2 aromatic carbocycles. The van der Waals surface area contributed by atoms with Crippen molar-refractivity contribution in [1.82, 2.24) is 4.90 Å². The summed E-state index contributed by atoms with van der Waals surface area (Å²) in [6, 6.07) is 14.3. The molecule has 0 aliphatic carbocycles. The van der Waals surface area contributed by atoms with E-state index in [1.807, 2.05) is 30.3 Å². The predicted molar refractivity (Wildman–Crippen MR) is 125 cm³/mol. The molecule has 0 radical (unpaired) electrons. The van der Waals surface area contributed by atoms with Gasteiger partial charge in [0.15, 0.2) is 16.7 Å². The van der Waals surface area contributed by atoms with Crippen molar-refractivity contribution in [1.29, 1.82) is 0 Å². The van der Waals surface area contributed by atoms with Crippen molar-refractivity contribution < 1.29 is 28.7 Å². The van der Waals surface area contributed by atoms with Gasteiger partial charge in [-0.3, -0.25) is 24.2 Å². The van der Waals surface area contributed by atoms with Gasteiger partial charge in [-0.25, -0.2) is 4.90 Å². The van der Waals surface area contributed by atoms with Gasteiger partial charge in [-0.15, -0.1) is 0 Å². The zero-order valence-corrected chi connectivity index (χ0v) is 19.2. The number of ether oxygens (including phenoxy) is 2. The molecule has 3 rings (SSSR count). The van der Waals surface area contributed by atoms with E-state index < -0.39 is 23.8 Å². The minimum absolute atomic E-state index is 0.0441. The average molecular weight is 467 g/mol. The van der Waals surface area contributed by atoms with Gasteiger partial charge < -0.3 is 9.47 Å². The van der Waals surface area contributed by atoms with Crippen molar-refractivity contribution in [3.63, 3.8) is 0 Å². The van der Waals surface area contributed by atoms with E-state index in [2.05, 4.69) is 4.99 Å². The van der Waals surface area contributed by atoms with Crippen LogP contribution in [0.3, 0.4) is 0 Å². The van der Waals surface area contributed by atoms with Crippen molar-refractivity contribution in [2.75, 3.05) is 6.54 Å². The summed E-state index contributed by atoms with van der Waals surface area (Å²) in [5.41, 5.74) is 1.62. The number of carbonyl (C=O) groups is 4. The highest BCUT2D eigenvalue weighted by Gasteiger charge is 2.36. The summed E-state index contributed by atoms with van der Waals surface area (Å²) in [4.78, 5) is 53.5. The van der Waals surface area contributed by atoms with Crippen molar-refractivity contribution in [2.45, 2.75) is 27.2 Å². The lowest BCUT2D eigenvalue weighted by atomic mass is 10.2. The van der Waals surface area contributed by atoms with Gasteiger partial charge in [-0.2, -0.15) is 0 Å². The summed E-state index contributed by atoms with van der Waals surface area (Å²) in [6.45, 7) is 4.18. The van der Waals surface area contributed by atoms with Gasteiger partial charge in [0.05, 0.1) is 4.91 Å². The van der Waals surface area contributed by atoms with Crippen LogP contribution in [0.1, 0.15) is 31.9 Å². The third kappa shape index (κ3) is 6.39. The topological polar surface area (TPSA) is 102 Å². The highest BCUT2D eigenvalue weighted by molar-refractivity contribution is 8.18. The van der Waals surface area contributed by atoms with Crippen LogP contribution in [-0.2, 0) is 25.6 Å². The molecule has 2 amide bonds. The number of rotatable bonds is 6. The van der Waals surface area contributed by atoms with Gasteiger partial charge >= 0.3 is 11.9 Å². The highest BCUT2D eigenvalue weighted by Crippen LogP contribution is 2.35. The molecule has 0 N–H and O–H groups in total. The van der Waals surface area contributed by atoms with Crippen molar-refractivity contribution in [3.8, 4) is 11.5 Å². The summed E-state index contributed by atoms with van der Waals surface area (Å²) >= 11 is 1.09. The fraction of sp³-hybridized carbons (Fsp3) is 0.208. The van der Waals surface area contributed by atoms with Gasteiger partial charge in [0.1, 0.15) is 0 Å². The Hall–Kier alpha value is -3.72. The number of hydrogen-bond acceptors (Lipinski definition) is 8. The SMILES string of the molecule is CC(=O)Oc1ccc(/C=C2\SC(=NCCc3ccccc3)N(C(C)=O)C2=O)cc1OC(C)=O. The lowest BCUT2D eigenvalue weighted by Crippen LogP contribution is -2.33. The number of hydrogen-bond donors (Lipinski definition) is 0. The third-order valence-electron chi connectivity index (χ3n) is 4.38. The van der Waals surface area contributed by atoms with E-state index in [9.17, 15) is 19.2 Å². The van der Waals surface area contributed by atoms with Gasteiger partial charge in [0, 0.05) is 27.3 Å². The first-order valence-corrected chi connectivity index (χ1v) is 10.9. The maximum absolute atomic E-state index is 12.9. The van der Waals surface area contributed by atoms with Crippen LogP contribution < -0.4 is 9.47 Å². The fourth-order valence-electron chi connectivity index (χ4n) is 3.02. The molecule has 0 atom stereocenters. The second-order valence-corrected chi connectivity index (χ2v) is 8.07. The number of imide groups is 1. The first-order chi connectivity index (χ1) is 15.7. The molecule has 0 aromatic heterocycles. The number of amidine groups is 1. The molecule has 1 aliphatic rings. The summed E-state index contributed by atoms with van der Waals surface area (Å²) in [7, 11) is 0. The molecule has 1 aliphatic heterocycles. The Kier molecular flexibility index (Phi) is 7.78. The van der Waals surface area contributed by atoms with Crippen molar-refractivity contribution in [2.24, 2.45) is 4.99 Å². The largest absolute Gasteiger partial charge is 0.423 e. The molecule has 0 spiro atoms. The predicted octanol–water partition coefficient (Wildman–Crippen LogP) is 3.60. The van der Waals surface area contributed by atoms with Crippen LogP contribution in [0.25, 0.3) is 6.08 Å². The Labute approximate surface area is 195 Å². The Morgan fingerprint density at radius 2 is 1.64 bits per heavy atom. The molecule has 0 unspecified atom stereocenters. The average Bonchev–Trinajstić information content (AvgIpc) is 3.05. The number of thioether (sulfide) groups is 1. The Morgan fingerprint density at radius 3 is 2.27 bits per heavy atom. The smallest absolute Gasteiger partial charge is 0.308 e. The molecule has 9 heteroatoms. The fourth-order valence-corrected chi connectivity index (χ4v) is 4.05. The monoisotopic (exact) mass is 466 g/mol. The van der Waals surface area contributed by atoms with Gasteiger partial charge in [0.2, 0.25) is 5.91 Å². The van der Waals surface area contributed by atoms with E-state index in [-0.39, 0.29) is 16.4 Å². The quantitative estimate of drug-likeness (QED) is 0.364. The van der Waals surface area contributed by atoms with E-state index in [1.54, 1.807) is 12.1 Å². The summed E-state index contributed by atoms with van der Waals surface area (Å²) in [5.74, 6) is -1.94. The molecule has 0 saturated carbocycles. The number of amides is 2. The summed E-state index contributed by atoms with van der Waals surface area (Å²) in [5, 5.41) is 0.312. The molecular weight excluding hydrogens is 444 g/mol. The number of aliphatic imine (C=N–C) groups is 1. The van der Waals surface area contributed by atoms with E-state index in [0.717, 1.165) is 22.2 Å². The Morgan fingerprint density at radius 1 is 0.970 bits per heavy atom. The van der Waals surface area contributed by atoms with Crippen LogP contribution >= 0.6 is 11.8 Å². The molecule has 8 nitrogen and oxygen atoms in total. The number of esters is 2. The summed E-state index contributed by atoms with van der Waals surface area (Å²) < 4.78 is 10.2. The van der Waals surface area contributed by atoms with Crippen molar-refractivity contribution >= 4 is 46.8 Å². The number of nitrogens with zero attached hydrogens (tertiary/aromatic N) is 2.